The third kappa shape index (κ3) is 6.27. The summed E-state index contributed by atoms with van der Waals surface area (Å²) in [5, 5.41) is 34.9. The second kappa shape index (κ2) is 11.2. The van der Waals surface area contributed by atoms with Crippen LogP contribution in [-0.2, 0) is 13.5 Å². The third-order valence-corrected chi connectivity index (χ3v) is 5.74. The van der Waals surface area contributed by atoms with Gasteiger partial charge >= 0.3 is 5.82 Å². The predicted octanol–water partition coefficient (Wildman–Crippen LogP) is 4.48. The van der Waals surface area contributed by atoms with Gasteiger partial charge in [-0.3, -0.25) is 9.67 Å². The van der Waals surface area contributed by atoms with Gasteiger partial charge in [0, 0.05) is 36.2 Å². The standard InChI is InChI=1S/C16H14FN5OS.C5H2BrFN2O2/c1-9(23)14-4-11(17)7-19-16(14)15-10(8-24-21-15)3-13-5-12(6-18)20-22(13)2;6-3-1-4(7)5(8-2-3)9(10)11/h4-5,7-9,23H,3H2,1-2H3;1-2H. The van der Waals surface area contributed by atoms with Crippen LogP contribution in [0.4, 0.5) is 14.6 Å². The van der Waals surface area contributed by atoms with Crippen LogP contribution in [0.25, 0.3) is 11.4 Å². The molecule has 0 radical (unpaired) electrons. The number of hydrogen-bond donors (Lipinski definition) is 1. The molecule has 0 spiro atoms. The van der Waals surface area contributed by atoms with Crippen LogP contribution < -0.4 is 0 Å². The number of pyridine rings is 2. The lowest BCUT2D eigenvalue weighted by Gasteiger charge is -2.11. The van der Waals surface area contributed by atoms with Gasteiger partial charge in [0.1, 0.15) is 17.6 Å². The Bertz CT molecular complexity index is 1420. The molecule has 180 valence electrons. The largest absolute Gasteiger partial charge is 0.399 e. The van der Waals surface area contributed by atoms with Crippen LogP contribution in [0.1, 0.15) is 35.5 Å². The van der Waals surface area contributed by atoms with E-state index in [4.69, 9.17) is 5.26 Å². The van der Waals surface area contributed by atoms with Crippen molar-refractivity contribution in [1.29, 1.82) is 5.26 Å². The number of aliphatic hydroxyl groups excluding tert-OH is 1. The molecule has 0 aliphatic carbocycles. The van der Waals surface area contributed by atoms with Crippen LogP contribution in [0, 0.1) is 33.1 Å². The van der Waals surface area contributed by atoms with E-state index in [1.54, 1.807) is 24.7 Å². The van der Waals surface area contributed by atoms with Crippen LogP contribution in [0.3, 0.4) is 0 Å². The van der Waals surface area contributed by atoms with Crippen LogP contribution in [0.5, 0.6) is 0 Å². The molecule has 0 bridgehead atoms. The molecule has 1 unspecified atom stereocenters. The van der Waals surface area contributed by atoms with Gasteiger partial charge in [-0.2, -0.15) is 19.1 Å². The molecule has 1 atom stereocenters. The lowest BCUT2D eigenvalue weighted by molar-refractivity contribution is -0.392. The molecule has 0 saturated carbocycles. The Hall–Kier alpha value is -3.67. The fourth-order valence-electron chi connectivity index (χ4n) is 3.01. The number of aryl methyl sites for hydroxylation is 1. The molecule has 0 fully saturated rings. The van der Waals surface area contributed by atoms with Crippen LogP contribution in [0.15, 0.2) is 40.4 Å². The first-order chi connectivity index (χ1) is 16.6. The fraction of sp³-hybridized carbons (Fsp3) is 0.190. The first-order valence-electron chi connectivity index (χ1n) is 9.76. The quantitative estimate of drug-likeness (QED) is 0.276. The summed E-state index contributed by atoms with van der Waals surface area (Å²) >= 11 is 4.18. The van der Waals surface area contributed by atoms with Gasteiger partial charge < -0.3 is 15.2 Å². The zero-order chi connectivity index (χ0) is 25.7. The molecule has 4 aromatic heterocycles. The van der Waals surface area contributed by atoms with E-state index in [1.165, 1.54) is 23.8 Å². The van der Waals surface area contributed by atoms with E-state index in [9.17, 15) is 24.0 Å². The van der Waals surface area contributed by atoms with Crippen LogP contribution in [-0.4, -0.2) is 34.2 Å². The first-order valence-corrected chi connectivity index (χ1v) is 11.4. The number of nitriles is 1. The normalized spacial score (nSPS) is 11.3. The van der Waals surface area contributed by atoms with E-state index < -0.39 is 28.5 Å². The Morgan fingerprint density at radius 1 is 1.29 bits per heavy atom. The van der Waals surface area contributed by atoms with E-state index in [2.05, 4.69) is 35.4 Å². The van der Waals surface area contributed by atoms with Gasteiger partial charge in [0.05, 0.1) is 22.5 Å². The molecular weight excluding hydrogens is 548 g/mol. The molecule has 0 aromatic carbocycles. The minimum absolute atomic E-state index is 0.349. The fourth-order valence-corrected chi connectivity index (χ4v) is 4.00. The maximum atomic E-state index is 13.5. The van der Waals surface area contributed by atoms with Crippen LogP contribution in [0.2, 0.25) is 0 Å². The molecule has 1 N–H and O–H groups in total. The monoisotopic (exact) mass is 563 g/mol. The molecule has 4 rings (SSSR count). The van der Waals surface area contributed by atoms with Crippen molar-refractivity contribution in [3.05, 3.63) is 84.7 Å². The van der Waals surface area contributed by atoms with Gasteiger partial charge in [0.15, 0.2) is 11.9 Å². The summed E-state index contributed by atoms with van der Waals surface area (Å²) in [6, 6.07) is 5.99. The predicted molar refractivity (Wildman–Crippen MR) is 125 cm³/mol. The van der Waals surface area contributed by atoms with E-state index in [0.717, 1.165) is 23.5 Å². The van der Waals surface area contributed by atoms with Crippen molar-refractivity contribution in [2.24, 2.45) is 7.05 Å². The van der Waals surface area contributed by atoms with Crippen LogP contribution >= 0.6 is 27.5 Å². The number of halogens is 3. The van der Waals surface area contributed by atoms with Gasteiger partial charge in [-0.15, -0.1) is 0 Å². The topological polar surface area (TPSA) is 144 Å². The Kier molecular flexibility index (Phi) is 8.28. The number of nitro groups is 1. The van der Waals surface area contributed by atoms with Crippen molar-refractivity contribution >= 4 is 33.3 Å². The molecule has 14 heteroatoms. The lowest BCUT2D eigenvalue weighted by Crippen LogP contribution is -2.03. The number of rotatable bonds is 5. The van der Waals surface area contributed by atoms with Gasteiger partial charge in [-0.25, -0.2) is 4.39 Å². The smallest absolute Gasteiger partial charge is 0.389 e. The van der Waals surface area contributed by atoms with Crippen molar-refractivity contribution in [2.75, 3.05) is 0 Å². The van der Waals surface area contributed by atoms with Crippen molar-refractivity contribution in [3.63, 3.8) is 0 Å². The maximum absolute atomic E-state index is 13.5. The van der Waals surface area contributed by atoms with Gasteiger partial charge in [0.25, 0.3) is 0 Å². The summed E-state index contributed by atoms with van der Waals surface area (Å²) in [5.74, 6) is -2.20. The molecule has 4 aromatic rings. The lowest BCUT2D eigenvalue weighted by atomic mass is 10.0. The average molecular weight is 564 g/mol. The molecule has 0 aliphatic heterocycles. The number of hydrogen-bond acceptors (Lipinski definition) is 9. The summed E-state index contributed by atoms with van der Waals surface area (Å²) < 4.78 is 32.4. The van der Waals surface area contributed by atoms with Crippen molar-refractivity contribution in [1.82, 2.24) is 24.1 Å². The molecule has 0 aliphatic rings. The molecule has 0 amide bonds. The highest BCUT2D eigenvalue weighted by Crippen LogP contribution is 2.31. The zero-order valence-corrected chi connectivity index (χ0v) is 20.6. The van der Waals surface area contributed by atoms with Gasteiger partial charge in [-0.05, 0) is 62.0 Å². The van der Waals surface area contributed by atoms with Crippen molar-refractivity contribution in [2.45, 2.75) is 19.4 Å². The Balaban J connectivity index is 0.000000261. The number of nitrogens with zero attached hydrogens (tertiary/aromatic N) is 7. The Morgan fingerprint density at radius 3 is 2.63 bits per heavy atom. The maximum Gasteiger partial charge on any atom is 0.399 e. The van der Waals surface area contributed by atoms with Crippen molar-refractivity contribution < 1.29 is 18.8 Å². The molecule has 4 heterocycles. The van der Waals surface area contributed by atoms with E-state index in [-0.39, 0.29) is 0 Å². The average Bonchev–Trinajstić information content (AvgIpc) is 3.40. The van der Waals surface area contributed by atoms with Gasteiger partial charge in [-0.1, -0.05) is 0 Å². The summed E-state index contributed by atoms with van der Waals surface area (Å²) in [6.07, 6.45) is 1.93. The molecule has 0 saturated heterocycles. The second-order valence-electron chi connectivity index (χ2n) is 7.10. The first kappa shape index (κ1) is 25.9. The van der Waals surface area contributed by atoms with E-state index >= 15 is 0 Å². The highest BCUT2D eigenvalue weighted by Gasteiger charge is 2.19. The molecule has 10 nitrogen and oxygen atoms in total. The number of aliphatic hydroxyl groups is 1. The highest BCUT2D eigenvalue weighted by molar-refractivity contribution is 9.10. The number of aromatic nitrogens is 5. The van der Waals surface area contributed by atoms with E-state index in [1.807, 2.05) is 11.4 Å². The summed E-state index contributed by atoms with van der Waals surface area (Å²) in [4.78, 5) is 16.5. The Labute approximate surface area is 210 Å². The minimum atomic E-state index is -0.940. The summed E-state index contributed by atoms with van der Waals surface area (Å²) in [5.41, 5.74) is 3.55. The SMILES string of the molecule is CC(O)c1cc(F)cnc1-c1nscc1Cc1cc(C#N)nn1C.O=[N+]([O-])c1ncc(Br)cc1F. The van der Waals surface area contributed by atoms with Gasteiger partial charge in [0.2, 0.25) is 5.82 Å². The third-order valence-electron chi connectivity index (χ3n) is 4.63. The zero-order valence-electron chi connectivity index (χ0n) is 18.2. The van der Waals surface area contributed by atoms with E-state index in [0.29, 0.717) is 33.5 Å². The molecule has 35 heavy (non-hydrogen) atoms. The second-order valence-corrected chi connectivity index (χ2v) is 8.65. The minimum Gasteiger partial charge on any atom is -0.389 e. The molecular formula is C21H16BrF2N7O3S. The Morgan fingerprint density at radius 2 is 2.03 bits per heavy atom. The summed E-state index contributed by atoms with van der Waals surface area (Å²) in [6.45, 7) is 1.56. The highest BCUT2D eigenvalue weighted by atomic mass is 79.9. The van der Waals surface area contributed by atoms with Crippen molar-refractivity contribution in [3.8, 4) is 17.5 Å². The summed E-state index contributed by atoms with van der Waals surface area (Å²) in [7, 11) is 1.77.